The number of ether oxygens (including phenoxy) is 1. The van der Waals surface area contributed by atoms with Crippen LogP contribution in [0.15, 0.2) is 24.3 Å². The first kappa shape index (κ1) is 17.9. The highest BCUT2D eigenvalue weighted by molar-refractivity contribution is 5.89. The van der Waals surface area contributed by atoms with Crippen molar-refractivity contribution in [3.05, 3.63) is 35.4 Å². The second-order valence-electron chi connectivity index (χ2n) is 7.34. The van der Waals surface area contributed by atoms with Crippen molar-refractivity contribution in [1.82, 2.24) is 4.90 Å². The van der Waals surface area contributed by atoms with Crippen molar-refractivity contribution in [2.24, 2.45) is 11.8 Å². The van der Waals surface area contributed by atoms with Gasteiger partial charge < -0.3 is 14.7 Å². The lowest BCUT2D eigenvalue weighted by Gasteiger charge is -2.28. The third kappa shape index (κ3) is 4.40. The zero-order valence-electron chi connectivity index (χ0n) is 14.8. The van der Waals surface area contributed by atoms with Crippen molar-refractivity contribution >= 4 is 11.9 Å². The molecule has 1 aliphatic heterocycles. The Hall–Kier alpha value is -1.88. The van der Waals surface area contributed by atoms with Crippen molar-refractivity contribution in [3.8, 4) is 0 Å². The summed E-state index contributed by atoms with van der Waals surface area (Å²) in [6, 6.07) is 7.54. The average Bonchev–Trinajstić information content (AvgIpc) is 3.10. The van der Waals surface area contributed by atoms with Gasteiger partial charge in [-0.05, 0) is 62.1 Å². The first-order valence-electron chi connectivity index (χ1n) is 9.21. The van der Waals surface area contributed by atoms with Gasteiger partial charge in [-0.2, -0.15) is 0 Å². The van der Waals surface area contributed by atoms with Crippen LogP contribution >= 0.6 is 0 Å². The van der Waals surface area contributed by atoms with Crippen LogP contribution < -0.4 is 0 Å². The lowest BCUT2D eigenvalue weighted by molar-refractivity contribution is -0.136. The van der Waals surface area contributed by atoms with E-state index in [9.17, 15) is 14.7 Å². The molecular formula is C20H27NO4. The molecule has 1 saturated heterocycles. The van der Waals surface area contributed by atoms with Gasteiger partial charge in [0.25, 0.3) is 0 Å². The van der Waals surface area contributed by atoms with E-state index < -0.39 is 0 Å². The summed E-state index contributed by atoms with van der Waals surface area (Å²) in [5.74, 6) is 0.529. The fourth-order valence-electron chi connectivity index (χ4n) is 4.01. The van der Waals surface area contributed by atoms with Gasteiger partial charge in [-0.3, -0.25) is 4.79 Å². The number of aliphatic hydroxyl groups excluding tert-OH is 1. The summed E-state index contributed by atoms with van der Waals surface area (Å²) < 4.78 is 4.72. The Morgan fingerprint density at radius 3 is 2.44 bits per heavy atom. The predicted octanol–water partition coefficient (Wildman–Crippen LogP) is 2.42. The molecule has 2 aliphatic rings. The normalized spacial score (nSPS) is 26.5. The van der Waals surface area contributed by atoms with E-state index in [4.69, 9.17) is 4.74 Å². The molecular weight excluding hydrogens is 318 g/mol. The topological polar surface area (TPSA) is 66.8 Å². The summed E-state index contributed by atoms with van der Waals surface area (Å²) in [6.07, 6.45) is 4.87. The molecule has 1 unspecified atom stereocenters. The lowest BCUT2D eigenvalue weighted by atomic mass is 9.86. The predicted molar refractivity (Wildman–Crippen MR) is 94.1 cm³/mol. The van der Waals surface area contributed by atoms with Crippen molar-refractivity contribution in [2.45, 2.75) is 44.6 Å². The molecule has 0 aromatic heterocycles. The maximum absolute atomic E-state index is 12.7. The number of hydrogen-bond donors (Lipinski definition) is 1. The Kier molecular flexibility index (Phi) is 5.74. The molecule has 136 valence electrons. The Bertz CT molecular complexity index is 605. The number of carbonyl (C=O) groups is 2. The maximum Gasteiger partial charge on any atom is 0.337 e. The van der Waals surface area contributed by atoms with Gasteiger partial charge in [-0.1, -0.05) is 12.1 Å². The molecule has 1 heterocycles. The molecule has 1 amide bonds. The van der Waals surface area contributed by atoms with Gasteiger partial charge in [0.1, 0.15) is 0 Å². The van der Waals surface area contributed by atoms with E-state index in [0.717, 1.165) is 51.6 Å². The molecule has 1 aliphatic carbocycles. The van der Waals surface area contributed by atoms with Gasteiger partial charge in [0.05, 0.1) is 18.8 Å². The van der Waals surface area contributed by atoms with E-state index >= 15 is 0 Å². The molecule has 25 heavy (non-hydrogen) atoms. The number of rotatable bonds is 4. The highest BCUT2D eigenvalue weighted by Crippen LogP contribution is 2.29. The van der Waals surface area contributed by atoms with E-state index in [1.807, 2.05) is 17.0 Å². The fourth-order valence-corrected chi connectivity index (χ4v) is 4.01. The van der Waals surface area contributed by atoms with Crippen LogP contribution in [0.1, 0.15) is 48.0 Å². The molecule has 1 saturated carbocycles. The maximum atomic E-state index is 12.7. The van der Waals surface area contributed by atoms with Gasteiger partial charge in [0, 0.05) is 19.0 Å². The second kappa shape index (κ2) is 8.00. The molecule has 1 N–H and O–H groups in total. The summed E-state index contributed by atoms with van der Waals surface area (Å²) in [6.45, 7) is 1.65. The molecule has 0 spiro atoms. The van der Waals surface area contributed by atoms with Gasteiger partial charge in [-0.15, -0.1) is 0 Å². The molecule has 0 bridgehead atoms. The minimum atomic E-state index is -0.318. The van der Waals surface area contributed by atoms with Gasteiger partial charge in [0.15, 0.2) is 0 Å². The third-order valence-electron chi connectivity index (χ3n) is 5.54. The second-order valence-corrected chi connectivity index (χ2v) is 7.34. The Labute approximate surface area is 149 Å². The fraction of sp³-hybridized carbons (Fsp3) is 0.600. The molecule has 5 nitrogen and oxygen atoms in total. The number of hydrogen-bond acceptors (Lipinski definition) is 4. The van der Waals surface area contributed by atoms with E-state index in [2.05, 4.69) is 0 Å². The van der Waals surface area contributed by atoms with Crippen molar-refractivity contribution in [2.75, 3.05) is 20.2 Å². The first-order valence-corrected chi connectivity index (χ1v) is 9.21. The van der Waals surface area contributed by atoms with Crippen LogP contribution in [0.25, 0.3) is 0 Å². The number of methoxy groups -OCH3 is 1. The van der Waals surface area contributed by atoms with Crippen molar-refractivity contribution in [1.29, 1.82) is 0 Å². The monoisotopic (exact) mass is 345 g/mol. The van der Waals surface area contributed by atoms with E-state index in [-0.39, 0.29) is 23.9 Å². The average molecular weight is 345 g/mol. The summed E-state index contributed by atoms with van der Waals surface area (Å²) in [4.78, 5) is 26.1. The number of likely N-dealkylation sites (tertiary alicyclic amines) is 1. The van der Waals surface area contributed by atoms with Crippen LogP contribution in [0.3, 0.4) is 0 Å². The van der Waals surface area contributed by atoms with Crippen molar-refractivity contribution < 1.29 is 19.4 Å². The third-order valence-corrected chi connectivity index (χ3v) is 5.54. The Balaban J connectivity index is 1.51. The summed E-state index contributed by atoms with van der Waals surface area (Å²) in [5, 5.41) is 9.60. The molecule has 5 heteroatoms. The standard InChI is InChI=1S/C20H27NO4/c1-25-20(24)17-4-2-14(3-5-17)12-15-10-11-21(13-15)19(23)16-6-8-18(22)9-7-16/h2-5,15-16,18,22H,6-13H2,1H3. The molecule has 2 fully saturated rings. The zero-order valence-corrected chi connectivity index (χ0v) is 14.8. The van der Waals surface area contributed by atoms with E-state index in [1.54, 1.807) is 12.1 Å². The minimum Gasteiger partial charge on any atom is -0.465 e. The molecule has 1 aromatic carbocycles. The number of aliphatic hydroxyl groups is 1. The highest BCUT2D eigenvalue weighted by Gasteiger charge is 2.32. The van der Waals surface area contributed by atoms with Gasteiger partial charge in [0.2, 0.25) is 5.91 Å². The summed E-state index contributed by atoms with van der Waals surface area (Å²) in [7, 11) is 1.38. The van der Waals surface area contributed by atoms with Crippen molar-refractivity contribution in [3.63, 3.8) is 0 Å². The minimum absolute atomic E-state index is 0.0986. The first-order chi connectivity index (χ1) is 12.1. The largest absolute Gasteiger partial charge is 0.465 e. The van der Waals surface area contributed by atoms with E-state index in [1.165, 1.54) is 12.7 Å². The van der Waals surface area contributed by atoms with Crippen LogP contribution in [0, 0.1) is 11.8 Å². The lowest BCUT2D eigenvalue weighted by Crippen LogP contribution is -2.37. The molecule has 1 atom stereocenters. The molecule has 1 aromatic rings. The SMILES string of the molecule is COC(=O)c1ccc(CC2CCN(C(=O)C3CCC(O)CC3)C2)cc1. The Morgan fingerprint density at radius 2 is 1.80 bits per heavy atom. The molecule has 3 rings (SSSR count). The number of nitrogens with zero attached hydrogens (tertiary/aromatic N) is 1. The Morgan fingerprint density at radius 1 is 1.12 bits per heavy atom. The van der Waals surface area contributed by atoms with E-state index in [0.29, 0.717) is 11.5 Å². The van der Waals surface area contributed by atoms with Crippen LogP contribution in [0.2, 0.25) is 0 Å². The van der Waals surface area contributed by atoms with Crippen LogP contribution in [-0.2, 0) is 16.0 Å². The smallest absolute Gasteiger partial charge is 0.337 e. The molecule has 0 radical (unpaired) electrons. The van der Waals surface area contributed by atoms with Gasteiger partial charge in [-0.25, -0.2) is 4.79 Å². The number of benzene rings is 1. The number of carbonyl (C=O) groups excluding carboxylic acids is 2. The van der Waals surface area contributed by atoms with Crippen LogP contribution in [-0.4, -0.2) is 48.2 Å². The quantitative estimate of drug-likeness (QED) is 0.851. The highest BCUT2D eigenvalue weighted by atomic mass is 16.5. The van der Waals surface area contributed by atoms with Crippen LogP contribution in [0.4, 0.5) is 0 Å². The van der Waals surface area contributed by atoms with Gasteiger partial charge >= 0.3 is 5.97 Å². The summed E-state index contributed by atoms with van der Waals surface area (Å²) in [5.41, 5.74) is 1.75. The number of esters is 1. The zero-order chi connectivity index (χ0) is 17.8. The summed E-state index contributed by atoms with van der Waals surface area (Å²) >= 11 is 0. The van der Waals surface area contributed by atoms with Crippen LogP contribution in [0.5, 0.6) is 0 Å². The number of amides is 1.